The number of carboxylic acids is 2. The third-order valence-corrected chi connectivity index (χ3v) is 0.916. The maximum Gasteiger partial charge on any atom is 0.334 e. The van der Waals surface area contributed by atoms with Crippen molar-refractivity contribution in [3.05, 3.63) is 0 Å². The molecule has 2 atom stereocenters. The molecule has 0 aromatic rings. The maximum absolute atomic E-state index is 9.52. The summed E-state index contributed by atoms with van der Waals surface area (Å²) >= 11 is 0. The van der Waals surface area contributed by atoms with Crippen LogP contribution in [0.3, 0.4) is 0 Å². The molecule has 0 saturated carbocycles. The molecule has 0 saturated heterocycles. The van der Waals surface area contributed by atoms with Crippen molar-refractivity contribution in [3.8, 4) is 0 Å². The van der Waals surface area contributed by atoms with Gasteiger partial charge in [-0.25, -0.2) is 9.59 Å². The van der Waals surface area contributed by atoms with E-state index in [2.05, 4.69) is 0 Å². The molecule has 0 heterocycles. The van der Waals surface area contributed by atoms with E-state index in [-0.39, 0.29) is 37.7 Å². The molecule has 0 amide bonds. The van der Waals surface area contributed by atoms with Gasteiger partial charge in [-0.05, 0) is 0 Å². The predicted octanol–water partition coefficient (Wildman–Crippen LogP) is -3.53. The molecular formula is C6H12CaO8. The molecule has 8 nitrogen and oxygen atoms in total. The smallest absolute Gasteiger partial charge is 0.334 e. The van der Waals surface area contributed by atoms with Crippen molar-refractivity contribution in [2.75, 3.05) is 13.2 Å². The molecule has 15 heavy (non-hydrogen) atoms. The number of hydrogen-bond acceptors (Lipinski definition) is 6. The normalized spacial score (nSPS) is 12.5. The number of aliphatic hydroxyl groups is 4. The first kappa shape index (κ1) is 20.5. The van der Waals surface area contributed by atoms with Crippen LogP contribution in [-0.4, -0.2) is 106 Å². The molecule has 2 radical (unpaired) electrons. The molecule has 0 aliphatic carbocycles. The van der Waals surface area contributed by atoms with E-state index in [0.29, 0.717) is 0 Å². The van der Waals surface area contributed by atoms with Crippen molar-refractivity contribution in [2.45, 2.75) is 12.2 Å². The molecule has 0 aliphatic heterocycles. The maximum atomic E-state index is 9.52. The molecule has 0 bridgehead atoms. The zero-order chi connectivity index (χ0) is 11.7. The van der Waals surface area contributed by atoms with Gasteiger partial charge >= 0.3 is 11.9 Å². The number of carboxylic acid groups (broad SMARTS) is 2. The Labute approximate surface area is 115 Å². The summed E-state index contributed by atoms with van der Waals surface area (Å²) in [6, 6.07) is 0. The van der Waals surface area contributed by atoms with Crippen LogP contribution in [0.25, 0.3) is 0 Å². The van der Waals surface area contributed by atoms with E-state index in [4.69, 9.17) is 30.6 Å². The standard InChI is InChI=1S/2C3H6O4.Ca/c2*4-1-2(5)3(6)7;/h2*2,4-5H,1H2,(H,6,7);/t2*2-;/m00./s1. The van der Waals surface area contributed by atoms with Crippen molar-refractivity contribution >= 4 is 49.7 Å². The third-order valence-electron chi connectivity index (χ3n) is 0.916. The van der Waals surface area contributed by atoms with Gasteiger partial charge in [0.2, 0.25) is 0 Å². The van der Waals surface area contributed by atoms with E-state index in [1.54, 1.807) is 0 Å². The Balaban J connectivity index is -0.000000180. The predicted molar refractivity (Wildman–Crippen MR) is 47.2 cm³/mol. The van der Waals surface area contributed by atoms with Gasteiger partial charge in [0.15, 0.2) is 12.2 Å². The van der Waals surface area contributed by atoms with Crippen LogP contribution in [0.1, 0.15) is 0 Å². The summed E-state index contributed by atoms with van der Waals surface area (Å²) in [5, 5.41) is 47.5. The fourth-order valence-corrected chi connectivity index (χ4v) is 0.156. The topological polar surface area (TPSA) is 156 Å². The zero-order valence-corrected chi connectivity index (χ0v) is 9.98. The number of aliphatic hydroxyl groups excluding tert-OH is 4. The Bertz CT molecular complexity index is 164. The van der Waals surface area contributed by atoms with Gasteiger partial charge in [-0.2, -0.15) is 0 Å². The molecule has 0 aromatic carbocycles. The van der Waals surface area contributed by atoms with E-state index in [0.717, 1.165) is 0 Å². The van der Waals surface area contributed by atoms with Gasteiger partial charge in [-0.15, -0.1) is 0 Å². The third kappa shape index (κ3) is 14.0. The van der Waals surface area contributed by atoms with E-state index < -0.39 is 37.4 Å². The Morgan fingerprint density at radius 2 is 1.07 bits per heavy atom. The molecule has 6 N–H and O–H groups in total. The van der Waals surface area contributed by atoms with Crippen LogP contribution in [0.2, 0.25) is 0 Å². The van der Waals surface area contributed by atoms with Gasteiger partial charge in [0.05, 0.1) is 13.2 Å². The summed E-state index contributed by atoms with van der Waals surface area (Å²) in [4.78, 5) is 19.0. The van der Waals surface area contributed by atoms with Crippen LogP contribution in [0.15, 0.2) is 0 Å². The first-order chi connectivity index (χ1) is 6.36. The van der Waals surface area contributed by atoms with E-state index in [9.17, 15) is 9.59 Å². The minimum Gasteiger partial charge on any atom is -0.479 e. The first-order valence-corrected chi connectivity index (χ1v) is 3.40. The van der Waals surface area contributed by atoms with E-state index in [1.807, 2.05) is 0 Å². The van der Waals surface area contributed by atoms with Crippen molar-refractivity contribution < 1.29 is 40.2 Å². The SMILES string of the molecule is O=C(O)[C@@H](O)CO.O=C(O)[C@@H](O)CO.[Ca]. The van der Waals surface area contributed by atoms with Crippen molar-refractivity contribution in [1.29, 1.82) is 0 Å². The Morgan fingerprint density at radius 1 is 0.867 bits per heavy atom. The number of hydrogen-bond donors (Lipinski definition) is 6. The fraction of sp³-hybridized carbons (Fsp3) is 0.667. The average molecular weight is 252 g/mol. The second-order valence-electron chi connectivity index (χ2n) is 2.07. The van der Waals surface area contributed by atoms with Crippen LogP contribution < -0.4 is 0 Å². The molecule has 86 valence electrons. The van der Waals surface area contributed by atoms with Gasteiger partial charge in [0.1, 0.15) is 0 Å². The van der Waals surface area contributed by atoms with Gasteiger partial charge in [0.25, 0.3) is 0 Å². The van der Waals surface area contributed by atoms with E-state index in [1.165, 1.54) is 0 Å². The van der Waals surface area contributed by atoms with Crippen LogP contribution in [0.4, 0.5) is 0 Å². The van der Waals surface area contributed by atoms with Crippen molar-refractivity contribution in [3.63, 3.8) is 0 Å². The summed E-state index contributed by atoms with van der Waals surface area (Å²) in [5.41, 5.74) is 0. The quantitative estimate of drug-likeness (QED) is 0.281. The van der Waals surface area contributed by atoms with Crippen molar-refractivity contribution in [1.82, 2.24) is 0 Å². The first-order valence-electron chi connectivity index (χ1n) is 3.40. The zero-order valence-electron chi connectivity index (χ0n) is 7.78. The Kier molecular flexibility index (Phi) is 16.5. The molecule has 9 heteroatoms. The van der Waals surface area contributed by atoms with Gasteiger partial charge in [-0.3, -0.25) is 0 Å². The second-order valence-corrected chi connectivity index (χ2v) is 2.07. The van der Waals surface area contributed by atoms with Crippen LogP contribution >= 0.6 is 0 Å². The fourth-order valence-electron chi connectivity index (χ4n) is 0.156. The molecular weight excluding hydrogens is 240 g/mol. The molecule has 0 spiro atoms. The summed E-state index contributed by atoms with van der Waals surface area (Å²) in [6.45, 7) is -1.45. The van der Waals surface area contributed by atoms with Crippen LogP contribution in [-0.2, 0) is 9.59 Å². The monoisotopic (exact) mass is 252 g/mol. The molecule has 0 aromatic heterocycles. The summed E-state index contributed by atoms with van der Waals surface area (Å²) in [5.74, 6) is -2.80. The number of rotatable bonds is 4. The second kappa shape index (κ2) is 12.1. The minimum absolute atomic E-state index is 0. The Morgan fingerprint density at radius 3 is 1.07 bits per heavy atom. The number of aliphatic carboxylic acids is 2. The summed E-state index contributed by atoms with van der Waals surface area (Å²) in [7, 11) is 0. The van der Waals surface area contributed by atoms with Crippen LogP contribution in [0.5, 0.6) is 0 Å². The molecule has 0 unspecified atom stereocenters. The summed E-state index contributed by atoms with van der Waals surface area (Å²) in [6.07, 6.45) is -3.25. The molecule has 0 rings (SSSR count). The minimum atomic E-state index is -1.63. The van der Waals surface area contributed by atoms with Crippen LogP contribution in [0, 0.1) is 0 Å². The largest absolute Gasteiger partial charge is 0.479 e. The van der Waals surface area contributed by atoms with Gasteiger partial charge < -0.3 is 30.6 Å². The average Bonchev–Trinajstić information content (AvgIpc) is 2.15. The van der Waals surface area contributed by atoms with Crippen molar-refractivity contribution in [2.24, 2.45) is 0 Å². The van der Waals surface area contributed by atoms with E-state index >= 15 is 0 Å². The number of carbonyl (C=O) groups is 2. The summed E-state index contributed by atoms with van der Waals surface area (Å²) < 4.78 is 0. The van der Waals surface area contributed by atoms with Gasteiger partial charge in [0, 0.05) is 37.7 Å². The Hall–Kier alpha value is 0.0397. The molecule has 0 fully saturated rings. The van der Waals surface area contributed by atoms with Gasteiger partial charge in [-0.1, -0.05) is 0 Å². The molecule has 0 aliphatic rings.